The Kier molecular flexibility index (Phi) is 10.8. The summed E-state index contributed by atoms with van der Waals surface area (Å²) in [4.78, 5) is 43.8. The summed E-state index contributed by atoms with van der Waals surface area (Å²) in [5.74, 6) is 0.0553. The number of carbonyl (C=O) groups is 3. The second-order valence-corrected chi connectivity index (χ2v) is 13.5. The topological polar surface area (TPSA) is 92.7 Å². The molecule has 4 aromatic carbocycles. The first-order valence-electron chi connectivity index (χ1n) is 16.7. The predicted molar refractivity (Wildman–Crippen MR) is 198 cm³/mol. The predicted octanol–water partition coefficient (Wildman–Crippen LogP) is 7.63. The van der Waals surface area contributed by atoms with Crippen molar-refractivity contribution in [1.29, 1.82) is 0 Å². The molecule has 2 amide bonds. The number of piperidine rings is 1. The minimum Gasteiger partial charge on any atom is -0.383 e. The fourth-order valence-corrected chi connectivity index (χ4v) is 7.13. The number of ether oxygens (including phenoxy) is 1. The minimum absolute atomic E-state index is 0.134. The first kappa shape index (κ1) is 34.0. The Morgan fingerprint density at radius 2 is 1.61 bits per heavy atom. The largest absolute Gasteiger partial charge is 0.383 e. The average molecular weight is 675 g/mol. The highest BCUT2D eigenvalue weighted by Crippen LogP contribution is 2.31. The standard InChI is InChI=1S/C40H42N4O4S/c1-27-13-14-29-24-37(43(2)36(29)21-27)38(45)34-25-32(44-18-5-4-6-19-44)15-16-35(34)42-40(47)30-10-7-9-28(22-30)26-49-33-12-8-11-31(23-33)39(46)41-17-20-48-3/h7-16,21-25H,4-6,17-20,26H2,1-3H3,(H,41,46)(H,42,47). The number of methoxy groups -OCH3 is 1. The molecule has 252 valence electrons. The van der Waals surface area contributed by atoms with Gasteiger partial charge >= 0.3 is 0 Å². The van der Waals surface area contributed by atoms with Gasteiger partial charge < -0.3 is 24.8 Å². The number of hydrogen-bond donors (Lipinski definition) is 2. The van der Waals surface area contributed by atoms with Gasteiger partial charge in [0, 0.05) is 77.7 Å². The molecule has 0 saturated carbocycles. The lowest BCUT2D eigenvalue weighted by Gasteiger charge is -2.29. The monoisotopic (exact) mass is 674 g/mol. The van der Waals surface area contributed by atoms with Crippen LogP contribution in [0.1, 0.15) is 67.2 Å². The Bertz CT molecular complexity index is 2000. The van der Waals surface area contributed by atoms with E-state index in [2.05, 4.69) is 21.6 Å². The van der Waals surface area contributed by atoms with Gasteiger partial charge in [0.25, 0.3) is 11.8 Å². The molecule has 8 nitrogen and oxygen atoms in total. The van der Waals surface area contributed by atoms with Crippen molar-refractivity contribution in [3.63, 3.8) is 0 Å². The highest BCUT2D eigenvalue weighted by Gasteiger charge is 2.22. The molecule has 2 heterocycles. The van der Waals surface area contributed by atoms with Gasteiger partial charge in [-0.1, -0.05) is 30.3 Å². The van der Waals surface area contributed by atoms with Gasteiger partial charge in [-0.15, -0.1) is 11.8 Å². The van der Waals surface area contributed by atoms with E-state index in [9.17, 15) is 14.4 Å². The molecular weight excluding hydrogens is 633 g/mol. The third-order valence-electron chi connectivity index (χ3n) is 8.93. The van der Waals surface area contributed by atoms with Gasteiger partial charge in [0.15, 0.2) is 0 Å². The number of ketones is 1. The smallest absolute Gasteiger partial charge is 0.255 e. The van der Waals surface area contributed by atoms with E-state index >= 15 is 0 Å². The number of rotatable bonds is 12. The lowest BCUT2D eigenvalue weighted by Crippen LogP contribution is -2.29. The van der Waals surface area contributed by atoms with Crippen molar-refractivity contribution in [3.8, 4) is 0 Å². The van der Waals surface area contributed by atoms with Gasteiger partial charge in [-0.25, -0.2) is 0 Å². The molecular formula is C40H42N4O4S. The van der Waals surface area contributed by atoms with Crippen molar-refractivity contribution in [2.75, 3.05) is 43.6 Å². The van der Waals surface area contributed by atoms with Crippen molar-refractivity contribution in [2.24, 2.45) is 7.05 Å². The molecule has 1 saturated heterocycles. The summed E-state index contributed by atoms with van der Waals surface area (Å²) in [5.41, 5.74) is 6.70. The Balaban J connectivity index is 1.21. The molecule has 9 heteroatoms. The van der Waals surface area contributed by atoms with Crippen LogP contribution in [0.4, 0.5) is 11.4 Å². The first-order chi connectivity index (χ1) is 23.8. The Hall–Kier alpha value is -4.86. The van der Waals surface area contributed by atoms with E-state index in [1.807, 2.05) is 91.3 Å². The maximum Gasteiger partial charge on any atom is 0.255 e. The van der Waals surface area contributed by atoms with Gasteiger partial charge in [0.2, 0.25) is 5.78 Å². The maximum atomic E-state index is 14.3. The van der Waals surface area contributed by atoms with E-state index in [1.165, 1.54) is 6.42 Å². The molecule has 0 atom stereocenters. The van der Waals surface area contributed by atoms with Crippen molar-refractivity contribution in [2.45, 2.75) is 36.8 Å². The van der Waals surface area contributed by atoms with Crippen LogP contribution < -0.4 is 15.5 Å². The van der Waals surface area contributed by atoms with E-state index in [-0.39, 0.29) is 17.6 Å². The van der Waals surface area contributed by atoms with Crippen molar-refractivity contribution in [3.05, 3.63) is 125 Å². The van der Waals surface area contributed by atoms with Crippen LogP contribution in [0.25, 0.3) is 10.9 Å². The van der Waals surface area contributed by atoms with Crippen LogP contribution in [0.3, 0.4) is 0 Å². The van der Waals surface area contributed by atoms with Crippen LogP contribution in [-0.4, -0.2) is 55.5 Å². The molecule has 0 aliphatic carbocycles. The zero-order chi connectivity index (χ0) is 34.3. The lowest BCUT2D eigenvalue weighted by molar-refractivity contribution is 0.0935. The van der Waals surface area contributed by atoms with E-state index in [4.69, 9.17) is 4.74 Å². The Morgan fingerprint density at radius 1 is 0.837 bits per heavy atom. The minimum atomic E-state index is -0.283. The van der Waals surface area contributed by atoms with Crippen LogP contribution in [0, 0.1) is 6.92 Å². The van der Waals surface area contributed by atoms with Crippen molar-refractivity contribution < 1.29 is 19.1 Å². The van der Waals surface area contributed by atoms with Crippen LogP contribution in [0.15, 0.2) is 95.9 Å². The van der Waals surface area contributed by atoms with Crippen LogP contribution in [0.2, 0.25) is 0 Å². The summed E-state index contributed by atoms with van der Waals surface area (Å²) in [5, 5.41) is 6.91. The molecule has 0 radical (unpaired) electrons. The van der Waals surface area contributed by atoms with Crippen LogP contribution >= 0.6 is 11.8 Å². The van der Waals surface area contributed by atoms with Gasteiger partial charge in [-0.3, -0.25) is 14.4 Å². The highest BCUT2D eigenvalue weighted by atomic mass is 32.2. The summed E-state index contributed by atoms with van der Waals surface area (Å²) in [6, 6.07) is 28.9. The molecule has 1 aliphatic rings. The quantitative estimate of drug-likeness (QED) is 0.0804. The molecule has 0 bridgehead atoms. The molecule has 6 rings (SSSR count). The number of aryl methyl sites for hydroxylation is 2. The third-order valence-corrected chi connectivity index (χ3v) is 10.00. The zero-order valence-corrected chi connectivity index (χ0v) is 29.1. The first-order valence-corrected chi connectivity index (χ1v) is 17.7. The number of thioether (sulfide) groups is 1. The number of amides is 2. The highest BCUT2D eigenvalue weighted by molar-refractivity contribution is 7.98. The number of carbonyl (C=O) groups excluding carboxylic acids is 3. The Morgan fingerprint density at radius 3 is 2.41 bits per heavy atom. The third kappa shape index (κ3) is 8.07. The second-order valence-electron chi connectivity index (χ2n) is 12.5. The normalized spacial score (nSPS) is 13.0. The SMILES string of the molecule is COCCNC(=O)c1cccc(SCc2cccc(C(=O)Nc3ccc(N4CCCCC4)cc3C(=O)c3cc4ccc(C)cc4n3C)c2)c1. The number of nitrogens with zero attached hydrogens (tertiary/aromatic N) is 2. The Labute approximate surface area is 291 Å². The summed E-state index contributed by atoms with van der Waals surface area (Å²) >= 11 is 1.59. The summed E-state index contributed by atoms with van der Waals surface area (Å²) < 4.78 is 6.95. The number of anilines is 2. The van der Waals surface area contributed by atoms with Gasteiger partial charge in [-0.05, 0) is 98.0 Å². The molecule has 1 fully saturated rings. The fourth-order valence-electron chi connectivity index (χ4n) is 6.23. The zero-order valence-electron chi connectivity index (χ0n) is 28.3. The van der Waals surface area contributed by atoms with E-state index in [1.54, 1.807) is 31.0 Å². The number of hydrogen-bond acceptors (Lipinski definition) is 6. The lowest BCUT2D eigenvalue weighted by atomic mass is 10.0. The maximum absolute atomic E-state index is 14.3. The van der Waals surface area contributed by atoms with E-state index in [0.29, 0.717) is 47.0 Å². The molecule has 0 unspecified atom stereocenters. The van der Waals surface area contributed by atoms with Crippen molar-refractivity contribution in [1.82, 2.24) is 9.88 Å². The molecule has 1 aromatic heterocycles. The van der Waals surface area contributed by atoms with Gasteiger partial charge in [0.05, 0.1) is 18.0 Å². The number of nitrogens with one attached hydrogen (secondary N) is 2. The molecule has 1 aliphatic heterocycles. The summed E-state index contributed by atoms with van der Waals surface area (Å²) in [6.07, 6.45) is 3.45. The number of fused-ring (bicyclic) bond motifs is 1. The second kappa shape index (κ2) is 15.6. The number of aromatic nitrogens is 1. The fraction of sp³-hybridized carbons (Fsp3) is 0.275. The van der Waals surface area contributed by atoms with E-state index in [0.717, 1.165) is 58.5 Å². The van der Waals surface area contributed by atoms with E-state index < -0.39 is 0 Å². The summed E-state index contributed by atoms with van der Waals surface area (Å²) in [7, 11) is 3.51. The van der Waals surface area contributed by atoms with Gasteiger partial charge in [-0.2, -0.15) is 0 Å². The molecule has 49 heavy (non-hydrogen) atoms. The van der Waals surface area contributed by atoms with Crippen molar-refractivity contribution >= 4 is 51.6 Å². The summed E-state index contributed by atoms with van der Waals surface area (Å²) in [6.45, 7) is 4.84. The molecule has 5 aromatic rings. The number of benzene rings is 4. The van der Waals surface area contributed by atoms with Crippen LogP contribution in [0.5, 0.6) is 0 Å². The molecule has 2 N–H and O–H groups in total. The van der Waals surface area contributed by atoms with Gasteiger partial charge in [0.1, 0.15) is 0 Å². The van der Waals surface area contributed by atoms with Crippen LogP contribution in [-0.2, 0) is 17.5 Å². The average Bonchev–Trinajstić information content (AvgIpc) is 3.46. The molecule has 0 spiro atoms.